The summed E-state index contributed by atoms with van der Waals surface area (Å²) in [5, 5.41) is 9.05. The average molecular weight is 253 g/mol. The fourth-order valence-corrected chi connectivity index (χ4v) is 1.72. The zero-order chi connectivity index (χ0) is 13.5. The molecule has 1 aromatic rings. The number of aliphatic hydroxyl groups excluding tert-OH is 1. The highest BCUT2D eigenvalue weighted by molar-refractivity contribution is 6.00. The van der Waals surface area contributed by atoms with Crippen molar-refractivity contribution in [1.82, 2.24) is 0 Å². The number of methoxy groups -OCH3 is 1. The number of primary amides is 1. The average Bonchev–Trinajstić information content (AvgIpc) is 2.34. The SMILES string of the molecule is COCCN(CCO)c1cccc(C(N)=O)c1N. The summed E-state index contributed by atoms with van der Waals surface area (Å²) < 4.78 is 5.00. The molecule has 0 atom stereocenters. The predicted molar refractivity (Wildman–Crippen MR) is 70.5 cm³/mol. The van der Waals surface area contributed by atoms with E-state index in [0.29, 0.717) is 31.1 Å². The Morgan fingerprint density at radius 3 is 2.72 bits per heavy atom. The molecule has 0 aliphatic rings. The van der Waals surface area contributed by atoms with Crippen LogP contribution in [0.3, 0.4) is 0 Å². The van der Waals surface area contributed by atoms with Crippen molar-refractivity contribution in [3.63, 3.8) is 0 Å². The summed E-state index contributed by atoms with van der Waals surface area (Å²) in [7, 11) is 1.60. The van der Waals surface area contributed by atoms with Crippen LogP contribution in [-0.4, -0.2) is 44.4 Å². The van der Waals surface area contributed by atoms with Crippen LogP contribution < -0.4 is 16.4 Å². The Balaban J connectivity index is 3.03. The Morgan fingerprint density at radius 1 is 1.44 bits per heavy atom. The zero-order valence-electron chi connectivity index (χ0n) is 10.4. The molecular weight excluding hydrogens is 234 g/mol. The van der Waals surface area contributed by atoms with Gasteiger partial charge in [-0.05, 0) is 12.1 Å². The fraction of sp³-hybridized carbons (Fsp3) is 0.417. The summed E-state index contributed by atoms with van der Waals surface area (Å²) in [4.78, 5) is 13.1. The zero-order valence-corrected chi connectivity index (χ0v) is 10.4. The number of rotatable bonds is 7. The van der Waals surface area contributed by atoms with E-state index >= 15 is 0 Å². The second kappa shape index (κ2) is 6.83. The maximum atomic E-state index is 11.2. The van der Waals surface area contributed by atoms with Gasteiger partial charge < -0.3 is 26.2 Å². The van der Waals surface area contributed by atoms with Crippen molar-refractivity contribution in [2.45, 2.75) is 0 Å². The number of anilines is 2. The Kier molecular flexibility index (Phi) is 5.41. The van der Waals surface area contributed by atoms with Crippen LogP contribution in [0.5, 0.6) is 0 Å². The highest BCUT2D eigenvalue weighted by Crippen LogP contribution is 2.26. The Labute approximate surface area is 106 Å². The molecule has 1 aromatic carbocycles. The van der Waals surface area contributed by atoms with Crippen molar-refractivity contribution in [3.8, 4) is 0 Å². The standard InChI is InChI=1S/C12H19N3O3/c1-18-8-6-15(5-7-16)10-4-2-3-9(11(10)13)12(14)17/h2-4,16H,5-8,13H2,1H3,(H2,14,17). The number of ether oxygens (including phenoxy) is 1. The molecule has 1 amide bonds. The summed E-state index contributed by atoms with van der Waals surface area (Å²) in [5.41, 5.74) is 12.5. The van der Waals surface area contributed by atoms with Gasteiger partial charge in [-0.1, -0.05) is 6.07 Å². The van der Waals surface area contributed by atoms with E-state index in [9.17, 15) is 4.79 Å². The molecule has 0 aliphatic carbocycles. The molecule has 0 fully saturated rings. The number of carbonyl (C=O) groups is 1. The number of nitrogens with zero attached hydrogens (tertiary/aromatic N) is 1. The second-order valence-electron chi connectivity index (χ2n) is 3.81. The molecule has 0 bridgehead atoms. The lowest BCUT2D eigenvalue weighted by atomic mass is 10.1. The number of amides is 1. The lowest BCUT2D eigenvalue weighted by Gasteiger charge is -2.25. The largest absolute Gasteiger partial charge is 0.396 e. The molecular formula is C12H19N3O3. The number of aliphatic hydroxyl groups is 1. The van der Waals surface area contributed by atoms with Gasteiger partial charge in [0.05, 0.1) is 30.2 Å². The van der Waals surface area contributed by atoms with Crippen LogP contribution in [0, 0.1) is 0 Å². The molecule has 0 aliphatic heterocycles. The Morgan fingerprint density at radius 2 is 2.17 bits per heavy atom. The van der Waals surface area contributed by atoms with E-state index in [1.165, 1.54) is 0 Å². The first kappa shape index (κ1) is 14.3. The third-order valence-electron chi connectivity index (χ3n) is 2.62. The van der Waals surface area contributed by atoms with E-state index in [2.05, 4.69) is 0 Å². The van der Waals surface area contributed by atoms with Crippen LogP contribution in [0.1, 0.15) is 10.4 Å². The first-order valence-corrected chi connectivity index (χ1v) is 5.64. The number of para-hydroxylation sites is 1. The van der Waals surface area contributed by atoms with Gasteiger partial charge in [0.1, 0.15) is 0 Å². The predicted octanol–water partition coefficient (Wildman–Crippen LogP) is -0.187. The summed E-state index contributed by atoms with van der Waals surface area (Å²) >= 11 is 0. The van der Waals surface area contributed by atoms with Gasteiger partial charge in [0.2, 0.25) is 0 Å². The smallest absolute Gasteiger partial charge is 0.250 e. The highest BCUT2D eigenvalue weighted by Gasteiger charge is 2.14. The number of benzene rings is 1. The Hall–Kier alpha value is -1.79. The minimum absolute atomic E-state index is 0.00997. The van der Waals surface area contributed by atoms with Gasteiger partial charge in [-0.3, -0.25) is 4.79 Å². The summed E-state index contributed by atoms with van der Waals surface area (Å²) in [5.74, 6) is -0.565. The van der Waals surface area contributed by atoms with Crippen LogP contribution in [-0.2, 0) is 4.74 Å². The summed E-state index contributed by atoms with van der Waals surface area (Å²) in [6.07, 6.45) is 0. The summed E-state index contributed by atoms with van der Waals surface area (Å²) in [6, 6.07) is 5.07. The highest BCUT2D eigenvalue weighted by atomic mass is 16.5. The van der Waals surface area contributed by atoms with Crippen LogP contribution >= 0.6 is 0 Å². The minimum atomic E-state index is -0.565. The molecule has 100 valence electrons. The Bertz CT molecular complexity index is 410. The van der Waals surface area contributed by atoms with E-state index in [1.54, 1.807) is 25.3 Å². The second-order valence-corrected chi connectivity index (χ2v) is 3.81. The van der Waals surface area contributed by atoms with E-state index in [0.717, 1.165) is 0 Å². The van der Waals surface area contributed by atoms with Crippen LogP contribution in [0.4, 0.5) is 11.4 Å². The molecule has 6 heteroatoms. The molecule has 0 heterocycles. The molecule has 0 unspecified atom stereocenters. The molecule has 18 heavy (non-hydrogen) atoms. The van der Waals surface area contributed by atoms with Gasteiger partial charge in [0.25, 0.3) is 5.91 Å². The van der Waals surface area contributed by atoms with Crippen molar-refractivity contribution >= 4 is 17.3 Å². The number of nitrogens with two attached hydrogens (primary N) is 2. The van der Waals surface area contributed by atoms with Gasteiger partial charge in [0.15, 0.2) is 0 Å². The van der Waals surface area contributed by atoms with E-state index in [-0.39, 0.29) is 12.2 Å². The molecule has 5 N–H and O–H groups in total. The van der Waals surface area contributed by atoms with Gasteiger partial charge in [-0.25, -0.2) is 0 Å². The molecule has 6 nitrogen and oxygen atoms in total. The van der Waals surface area contributed by atoms with Crippen molar-refractivity contribution in [2.75, 3.05) is 44.0 Å². The van der Waals surface area contributed by atoms with Gasteiger partial charge in [-0.2, -0.15) is 0 Å². The summed E-state index contributed by atoms with van der Waals surface area (Å²) in [6.45, 7) is 1.48. The number of nitrogen functional groups attached to an aromatic ring is 1. The first-order valence-electron chi connectivity index (χ1n) is 5.64. The number of carbonyl (C=O) groups excluding carboxylic acids is 1. The number of hydrogen-bond acceptors (Lipinski definition) is 5. The van der Waals surface area contributed by atoms with Gasteiger partial charge >= 0.3 is 0 Å². The molecule has 0 saturated carbocycles. The quantitative estimate of drug-likeness (QED) is 0.585. The molecule has 0 spiro atoms. The van der Waals surface area contributed by atoms with Crippen molar-refractivity contribution < 1.29 is 14.6 Å². The monoisotopic (exact) mass is 253 g/mol. The maximum Gasteiger partial charge on any atom is 0.250 e. The topological polar surface area (TPSA) is 102 Å². The van der Waals surface area contributed by atoms with Gasteiger partial charge in [0, 0.05) is 20.2 Å². The number of hydrogen-bond donors (Lipinski definition) is 3. The van der Waals surface area contributed by atoms with Crippen LogP contribution in [0.25, 0.3) is 0 Å². The third kappa shape index (κ3) is 3.35. The minimum Gasteiger partial charge on any atom is -0.396 e. The van der Waals surface area contributed by atoms with Crippen LogP contribution in [0.2, 0.25) is 0 Å². The lowest BCUT2D eigenvalue weighted by Crippen LogP contribution is -2.31. The normalized spacial score (nSPS) is 10.3. The van der Waals surface area contributed by atoms with Crippen molar-refractivity contribution in [1.29, 1.82) is 0 Å². The van der Waals surface area contributed by atoms with Crippen LogP contribution in [0.15, 0.2) is 18.2 Å². The van der Waals surface area contributed by atoms with E-state index in [1.807, 2.05) is 4.90 Å². The van der Waals surface area contributed by atoms with E-state index < -0.39 is 5.91 Å². The molecule has 0 saturated heterocycles. The molecule has 1 rings (SSSR count). The van der Waals surface area contributed by atoms with Gasteiger partial charge in [-0.15, -0.1) is 0 Å². The molecule has 0 aromatic heterocycles. The fourth-order valence-electron chi connectivity index (χ4n) is 1.72. The maximum absolute atomic E-state index is 11.2. The molecule has 0 radical (unpaired) electrons. The lowest BCUT2D eigenvalue weighted by molar-refractivity contribution is 0.100. The van der Waals surface area contributed by atoms with Crippen molar-refractivity contribution in [2.24, 2.45) is 5.73 Å². The first-order chi connectivity index (χ1) is 8.61. The third-order valence-corrected chi connectivity index (χ3v) is 2.62. The van der Waals surface area contributed by atoms with E-state index in [4.69, 9.17) is 21.3 Å². The van der Waals surface area contributed by atoms with Crippen molar-refractivity contribution in [3.05, 3.63) is 23.8 Å².